The number of carbonyl (C=O) groups is 3. The molecule has 0 unspecified atom stereocenters. The zero-order chi connectivity index (χ0) is 17.0. The summed E-state index contributed by atoms with van der Waals surface area (Å²) >= 11 is 3.31. The normalized spacial score (nSPS) is 11.6. The van der Waals surface area contributed by atoms with Crippen LogP contribution in [0, 0.1) is 0 Å². The third-order valence-corrected chi connectivity index (χ3v) is 3.83. The summed E-state index contributed by atoms with van der Waals surface area (Å²) < 4.78 is 0.857. The molecule has 2 amide bonds. The van der Waals surface area contributed by atoms with Crippen molar-refractivity contribution in [3.63, 3.8) is 0 Å². The van der Waals surface area contributed by atoms with Gasteiger partial charge in [0.15, 0.2) is 5.78 Å². The second-order valence-electron chi connectivity index (χ2n) is 4.98. The van der Waals surface area contributed by atoms with Crippen molar-refractivity contribution in [2.24, 2.45) is 5.73 Å². The number of ketones is 1. The van der Waals surface area contributed by atoms with Gasteiger partial charge in [0.2, 0.25) is 5.91 Å². The number of rotatable bonds is 5. The van der Waals surface area contributed by atoms with Crippen LogP contribution in [0.15, 0.2) is 53.0 Å². The summed E-state index contributed by atoms with van der Waals surface area (Å²) in [4.78, 5) is 36.0. The van der Waals surface area contributed by atoms with E-state index in [4.69, 9.17) is 5.73 Å². The molecule has 0 bridgehead atoms. The van der Waals surface area contributed by atoms with E-state index in [1.165, 1.54) is 13.0 Å². The number of amides is 2. The van der Waals surface area contributed by atoms with Crippen LogP contribution < -0.4 is 11.1 Å². The largest absolute Gasteiger partial charge is 0.368 e. The van der Waals surface area contributed by atoms with Crippen LogP contribution >= 0.6 is 15.9 Å². The lowest BCUT2D eigenvalue weighted by Crippen LogP contribution is -2.42. The third-order valence-electron chi connectivity index (χ3n) is 3.30. The van der Waals surface area contributed by atoms with Gasteiger partial charge in [-0.25, -0.2) is 0 Å². The van der Waals surface area contributed by atoms with Crippen LogP contribution in [0.2, 0.25) is 0 Å². The molecule has 0 spiro atoms. The van der Waals surface area contributed by atoms with Gasteiger partial charge in [-0.05, 0) is 37.3 Å². The van der Waals surface area contributed by atoms with Gasteiger partial charge in [-0.15, -0.1) is 0 Å². The number of hydrogen-bond acceptors (Lipinski definition) is 3. The maximum atomic E-state index is 12.6. The highest BCUT2D eigenvalue weighted by atomic mass is 79.9. The summed E-state index contributed by atoms with van der Waals surface area (Å²) in [6.07, 6.45) is 0. The smallest absolute Gasteiger partial charge is 0.252 e. The topological polar surface area (TPSA) is 89.3 Å². The van der Waals surface area contributed by atoms with Gasteiger partial charge in [-0.2, -0.15) is 0 Å². The monoisotopic (exact) mass is 374 g/mol. The SMILES string of the molecule is C[C@H](NC(=O)c1ccccc1C(=O)c1ccc(Br)cc1)C(N)=O. The average molecular weight is 375 g/mol. The molecule has 0 aromatic heterocycles. The number of carbonyl (C=O) groups excluding carboxylic acids is 3. The van der Waals surface area contributed by atoms with Crippen LogP contribution in [-0.4, -0.2) is 23.6 Å². The lowest BCUT2D eigenvalue weighted by Gasteiger charge is -2.12. The molecule has 0 aliphatic carbocycles. The summed E-state index contributed by atoms with van der Waals surface area (Å²) in [5.74, 6) is -1.43. The van der Waals surface area contributed by atoms with Crippen LogP contribution in [-0.2, 0) is 4.79 Å². The summed E-state index contributed by atoms with van der Waals surface area (Å²) in [7, 11) is 0. The summed E-state index contributed by atoms with van der Waals surface area (Å²) in [6, 6.07) is 12.5. The molecule has 6 heteroatoms. The molecule has 2 rings (SSSR count). The fourth-order valence-corrected chi connectivity index (χ4v) is 2.25. The predicted octanol–water partition coefficient (Wildman–Crippen LogP) is 2.28. The Morgan fingerprint density at radius 3 is 2.13 bits per heavy atom. The molecule has 23 heavy (non-hydrogen) atoms. The maximum Gasteiger partial charge on any atom is 0.252 e. The number of nitrogens with one attached hydrogen (secondary N) is 1. The molecule has 1 atom stereocenters. The van der Waals surface area contributed by atoms with Gasteiger partial charge in [0.25, 0.3) is 5.91 Å². The molecular weight excluding hydrogens is 360 g/mol. The molecule has 2 aromatic rings. The lowest BCUT2D eigenvalue weighted by molar-refractivity contribution is -0.119. The van der Waals surface area contributed by atoms with E-state index in [0.717, 1.165) is 4.47 Å². The van der Waals surface area contributed by atoms with Gasteiger partial charge < -0.3 is 11.1 Å². The Hall–Kier alpha value is -2.47. The van der Waals surface area contributed by atoms with Crippen LogP contribution in [0.3, 0.4) is 0 Å². The second kappa shape index (κ2) is 7.19. The van der Waals surface area contributed by atoms with Crippen molar-refractivity contribution in [2.45, 2.75) is 13.0 Å². The maximum absolute atomic E-state index is 12.6. The van der Waals surface area contributed by atoms with Gasteiger partial charge in [-0.3, -0.25) is 14.4 Å². The van der Waals surface area contributed by atoms with Crippen molar-refractivity contribution in [2.75, 3.05) is 0 Å². The third kappa shape index (κ3) is 4.04. The summed E-state index contributed by atoms with van der Waals surface area (Å²) in [5, 5.41) is 2.48. The zero-order valence-electron chi connectivity index (χ0n) is 12.4. The fraction of sp³-hybridized carbons (Fsp3) is 0.118. The van der Waals surface area contributed by atoms with Gasteiger partial charge >= 0.3 is 0 Å². The molecule has 0 aliphatic heterocycles. The quantitative estimate of drug-likeness (QED) is 0.786. The standard InChI is InChI=1S/C17H15BrN2O3/c1-10(16(19)22)20-17(23)14-5-3-2-4-13(14)15(21)11-6-8-12(18)9-7-11/h2-10H,1H3,(H2,19,22)(H,20,23)/t10-/m0/s1. The first-order valence-electron chi connectivity index (χ1n) is 6.89. The molecule has 0 radical (unpaired) electrons. The first-order valence-corrected chi connectivity index (χ1v) is 7.69. The predicted molar refractivity (Wildman–Crippen MR) is 90.1 cm³/mol. The van der Waals surface area contributed by atoms with Crippen LogP contribution in [0.4, 0.5) is 0 Å². The van der Waals surface area contributed by atoms with Crippen molar-refractivity contribution >= 4 is 33.5 Å². The molecule has 0 saturated carbocycles. The van der Waals surface area contributed by atoms with Gasteiger partial charge in [-0.1, -0.05) is 34.1 Å². The Labute approximate surface area is 142 Å². The average Bonchev–Trinajstić information content (AvgIpc) is 2.54. The van der Waals surface area contributed by atoms with Crippen molar-refractivity contribution in [3.8, 4) is 0 Å². The number of halogens is 1. The van der Waals surface area contributed by atoms with E-state index in [1.807, 2.05) is 0 Å². The Bertz CT molecular complexity index is 757. The number of nitrogens with two attached hydrogens (primary N) is 1. The minimum absolute atomic E-state index is 0.202. The van der Waals surface area contributed by atoms with Gasteiger partial charge in [0.1, 0.15) is 6.04 Å². The molecule has 0 heterocycles. The summed E-state index contributed by atoms with van der Waals surface area (Å²) in [5.41, 5.74) is 6.08. The highest BCUT2D eigenvalue weighted by Crippen LogP contribution is 2.17. The van der Waals surface area contributed by atoms with Crippen LogP contribution in [0.1, 0.15) is 33.2 Å². The van der Waals surface area contributed by atoms with Crippen molar-refractivity contribution in [1.29, 1.82) is 0 Å². The molecule has 118 valence electrons. The first kappa shape index (κ1) is 16.9. The first-order chi connectivity index (χ1) is 10.9. The van der Waals surface area contributed by atoms with Gasteiger partial charge in [0, 0.05) is 15.6 Å². The van der Waals surface area contributed by atoms with E-state index < -0.39 is 17.9 Å². The molecule has 0 saturated heterocycles. The van der Waals surface area contributed by atoms with Crippen molar-refractivity contribution < 1.29 is 14.4 Å². The molecule has 2 aromatic carbocycles. The number of benzene rings is 2. The molecular formula is C17H15BrN2O3. The zero-order valence-corrected chi connectivity index (χ0v) is 14.0. The highest BCUT2D eigenvalue weighted by molar-refractivity contribution is 9.10. The van der Waals surface area contributed by atoms with E-state index in [9.17, 15) is 14.4 Å². The van der Waals surface area contributed by atoms with Crippen molar-refractivity contribution in [3.05, 3.63) is 69.7 Å². The fourth-order valence-electron chi connectivity index (χ4n) is 1.98. The Morgan fingerprint density at radius 1 is 1.00 bits per heavy atom. The molecule has 0 aliphatic rings. The number of primary amides is 1. The second-order valence-corrected chi connectivity index (χ2v) is 5.89. The molecule has 0 fully saturated rings. The summed E-state index contributed by atoms with van der Waals surface area (Å²) in [6.45, 7) is 1.49. The molecule has 3 N–H and O–H groups in total. The Kier molecular flexibility index (Phi) is 5.28. The van der Waals surface area contributed by atoms with Crippen LogP contribution in [0.25, 0.3) is 0 Å². The number of hydrogen-bond donors (Lipinski definition) is 2. The highest BCUT2D eigenvalue weighted by Gasteiger charge is 2.20. The van der Waals surface area contributed by atoms with E-state index in [-0.39, 0.29) is 16.9 Å². The molecule has 5 nitrogen and oxygen atoms in total. The Balaban J connectivity index is 2.33. The van der Waals surface area contributed by atoms with Crippen LogP contribution in [0.5, 0.6) is 0 Å². The van der Waals surface area contributed by atoms with Gasteiger partial charge in [0.05, 0.1) is 5.56 Å². The van der Waals surface area contributed by atoms with Crippen molar-refractivity contribution in [1.82, 2.24) is 5.32 Å². The minimum atomic E-state index is -0.821. The minimum Gasteiger partial charge on any atom is -0.368 e. The lowest BCUT2D eigenvalue weighted by atomic mass is 9.98. The van der Waals surface area contributed by atoms with E-state index in [0.29, 0.717) is 5.56 Å². The van der Waals surface area contributed by atoms with E-state index in [2.05, 4.69) is 21.2 Å². The van der Waals surface area contributed by atoms with E-state index in [1.54, 1.807) is 42.5 Å². The Morgan fingerprint density at radius 2 is 1.57 bits per heavy atom. The van der Waals surface area contributed by atoms with E-state index >= 15 is 0 Å².